The summed E-state index contributed by atoms with van der Waals surface area (Å²) in [5, 5.41) is 4.12. The second kappa shape index (κ2) is 8.13. The molecule has 25 heavy (non-hydrogen) atoms. The molecular weight excluding hydrogens is 318 g/mol. The van der Waals surface area contributed by atoms with Crippen molar-refractivity contribution < 1.29 is 14.3 Å². The first kappa shape index (κ1) is 18.1. The Morgan fingerprint density at radius 1 is 1.28 bits per heavy atom. The minimum Gasteiger partial charge on any atom is -0.376 e. The van der Waals surface area contributed by atoms with Gasteiger partial charge in [-0.2, -0.15) is 5.10 Å². The van der Waals surface area contributed by atoms with Crippen LogP contribution < -0.4 is 0 Å². The zero-order chi connectivity index (χ0) is 17.8. The van der Waals surface area contributed by atoms with Crippen molar-refractivity contribution in [2.75, 3.05) is 13.2 Å². The third-order valence-corrected chi connectivity index (χ3v) is 5.53. The summed E-state index contributed by atoms with van der Waals surface area (Å²) in [5.74, 6) is -0.142. The summed E-state index contributed by atoms with van der Waals surface area (Å²) in [6.07, 6.45) is 9.39. The summed E-state index contributed by atoms with van der Waals surface area (Å²) in [7, 11) is 0. The standard InChI is InChI=1S/C19H29N3O3/c1-3-21-12-15(11-20-21)18(23)19(24)22(13-17-5-4-10-25-17)16-8-6-14(2)7-9-16/h11-12,14,16-17H,3-10,13H2,1-2H3/t14?,16?,17-/m0/s1. The lowest BCUT2D eigenvalue weighted by molar-refractivity contribution is -0.131. The van der Waals surface area contributed by atoms with Gasteiger partial charge in [-0.1, -0.05) is 6.92 Å². The van der Waals surface area contributed by atoms with Gasteiger partial charge in [0.2, 0.25) is 0 Å². The van der Waals surface area contributed by atoms with E-state index in [9.17, 15) is 9.59 Å². The van der Waals surface area contributed by atoms with Crippen LogP contribution in [0.5, 0.6) is 0 Å². The van der Waals surface area contributed by atoms with E-state index in [4.69, 9.17) is 4.74 Å². The SMILES string of the molecule is CCn1cc(C(=O)C(=O)N(C[C@@H]2CCCO2)C2CCC(C)CC2)cn1. The second-order valence-corrected chi connectivity index (χ2v) is 7.42. The molecule has 6 nitrogen and oxygen atoms in total. The number of aromatic nitrogens is 2. The normalized spacial score (nSPS) is 26.6. The molecule has 1 amide bonds. The van der Waals surface area contributed by atoms with E-state index in [1.54, 1.807) is 15.8 Å². The molecule has 2 fully saturated rings. The van der Waals surface area contributed by atoms with Crippen molar-refractivity contribution in [1.82, 2.24) is 14.7 Å². The van der Waals surface area contributed by atoms with Gasteiger partial charge in [-0.3, -0.25) is 14.3 Å². The van der Waals surface area contributed by atoms with Crippen LogP contribution in [0.15, 0.2) is 12.4 Å². The number of hydrogen-bond acceptors (Lipinski definition) is 4. The number of hydrogen-bond donors (Lipinski definition) is 0. The fourth-order valence-electron chi connectivity index (χ4n) is 3.87. The van der Waals surface area contributed by atoms with E-state index in [1.165, 1.54) is 6.20 Å². The van der Waals surface area contributed by atoms with Gasteiger partial charge in [0.1, 0.15) is 0 Å². The average Bonchev–Trinajstić information content (AvgIpc) is 3.31. The van der Waals surface area contributed by atoms with E-state index < -0.39 is 11.7 Å². The van der Waals surface area contributed by atoms with Crippen LogP contribution in [0.2, 0.25) is 0 Å². The van der Waals surface area contributed by atoms with E-state index in [1.807, 2.05) is 6.92 Å². The minimum atomic E-state index is -0.448. The lowest BCUT2D eigenvalue weighted by atomic mass is 9.86. The maximum absolute atomic E-state index is 13.0. The predicted molar refractivity (Wildman–Crippen MR) is 94.3 cm³/mol. The Labute approximate surface area is 149 Å². The largest absolute Gasteiger partial charge is 0.376 e. The van der Waals surface area contributed by atoms with E-state index in [0.29, 0.717) is 24.6 Å². The molecule has 0 unspecified atom stereocenters. The van der Waals surface area contributed by atoms with Crippen molar-refractivity contribution in [3.8, 4) is 0 Å². The highest BCUT2D eigenvalue weighted by atomic mass is 16.5. The number of nitrogens with zero attached hydrogens (tertiary/aromatic N) is 3. The van der Waals surface area contributed by atoms with Crippen molar-refractivity contribution in [1.29, 1.82) is 0 Å². The number of ketones is 1. The molecule has 0 radical (unpaired) electrons. The first-order valence-electron chi connectivity index (χ1n) is 9.57. The number of carbonyl (C=O) groups excluding carboxylic acids is 2. The third-order valence-electron chi connectivity index (χ3n) is 5.53. The molecule has 1 saturated heterocycles. The Morgan fingerprint density at radius 2 is 2.04 bits per heavy atom. The first-order chi connectivity index (χ1) is 12.1. The number of Topliss-reactive ketones (excluding diaryl/α,β-unsaturated/α-hetero) is 1. The number of ether oxygens (including phenoxy) is 1. The van der Waals surface area contributed by atoms with Crippen molar-refractivity contribution in [2.45, 2.75) is 71.1 Å². The fourth-order valence-corrected chi connectivity index (χ4v) is 3.87. The van der Waals surface area contributed by atoms with Crippen LogP contribution in [0.3, 0.4) is 0 Å². The molecule has 0 bridgehead atoms. The monoisotopic (exact) mass is 347 g/mol. The summed E-state index contributed by atoms with van der Waals surface area (Å²) in [6, 6.07) is 0.151. The highest BCUT2D eigenvalue weighted by molar-refractivity contribution is 6.42. The Bertz CT molecular complexity index is 599. The van der Waals surface area contributed by atoms with Crippen LogP contribution in [0.1, 0.15) is 62.7 Å². The molecule has 0 N–H and O–H groups in total. The second-order valence-electron chi connectivity index (χ2n) is 7.42. The topological polar surface area (TPSA) is 64.4 Å². The Morgan fingerprint density at radius 3 is 2.64 bits per heavy atom. The van der Waals surface area contributed by atoms with Crippen molar-refractivity contribution >= 4 is 11.7 Å². The molecular formula is C19H29N3O3. The molecule has 1 aliphatic carbocycles. The zero-order valence-corrected chi connectivity index (χ0v) is 15.3. The highest BCUT2D eigenvalue weighted by Gasteiger charge is 2.34. The van der Waals surface area contributed by atoms with E-state index in [2.05, 4.69) is 12.0 Å². The molecule has 2 heterocycles. The van der Waals surface area contributed by atoms with Crippen molar-refractivity contribution in [3.05, 3.63) is 18.0 Å². The molecule has 3 rings (SSSR count). The van der Waals surface area contributed by atoms with Gasteiger partial charge in [-0.15, -0.1) is 0 Å². The Balaban J connectivity index is 1.74. The van der Waals surface area contributed by atoms with Crippen LogP contribution in [-0.2, 0) is 16.1 Å². The molecule has 1 aromatic heterocycles. The number of rotatable bonds is 6. The van der Waals surface area contributed by atoms with E-state index >= 15 is 0 Å². The summed E-state index contributed by atoms with van der Waals surface area (Å²) in [4.78, 5) is 27.5. The molecule has 0 aromatic carbocycles. The smallest absolute Gasteiger partial charge is 0.295 e. The van der Waals surface area contributed by atoms with E-state index in [-0.39, 0.29) is 12.1 Å². The van der Waals surface area contributed by atoms with Gasteiger partial charge in [-0.25, -0.2) is 0 Å². The average molecular weight is 347 g/mol. The fraction of sp³-hybridized carbons (Fsp3) is 0.737. The maximum Gasteiger partial charge on any atom is 0.295 e. The molecule has 1 atom stereocenters. The van der Waals surface area contributed by atoms with Gasteiger partial charge in [0.05, 0.1) is 17.9 Å². The summed E-state index contributed by atoms with van der Waals surface area (Å²) in [5.41, 5.74) is 0.383. The van der Waals surface area contributed by atoms with E-state index in [0.717, 1.165) is 45.1 Å². The quantitative estimate of drug-likeness (QED) is 0.586. The number of carbonyl (C=O) groups is 2. The summed E-state index contributed by atoms with van der Waals surface area (Å²) < 4.78 is 7.40. The minimum absolute atomic E-state index is 0.0643. The van der Waals surface area contributed by atoms with Crippen LogP contribution in [0.25, 0.3) is 0 Å². The van der Waals surface area contributed by atoms with Crippen LogP contribution in [0, 0.1) is 5.92 Å². The molecule has 0 spiro atoms. The molecule has 2 aliphatic rings. The third kappa shape index (κ3) is 4.29. The van der Waals surface area contributed by atoms with Crippen LogP contribution in [0.4, 0.5) is 0 Å². The molecule has 1 aromatic rings. The molecule has 138 valence electrons. The van der Waals surface area contributed by atoms with Gasteiger partial charge >= 0.3 is 0 Å². The van der Waals surface area contributed by atoms with Crippen molar-refractivity contribution in [2.24, 2.45) is 5.92 Å². The highest BCUT2D eigenvalue weighted by Crippen LogP contribution is 2.28. The number of aryl methyl sites for hydroxylation is 1. The van der Waals surface area contributed by atoms with Gasteiger partial charge < -0.3 is 9.64 Å². The predicted octanol–water partition coefficient (Wildman–Crippen LogP) is 2.67. The summed E-state index contributed by atoms with van der Waals surface area (Å²) >= 11 is 0. The van der Waals surface area contributed by atoms with Crippen LogP contribution >= 0.6 is 0 Å². The zero-order valence-electron chi connectivity index (χ0n) is 15.3. The van der Waals surface area contributed by atoms with Gasteiger partial charge in [0.25, 0.3) is 11.7 Å². The Kier molecular flexibility index (Phi) is 5.89. The van der Waals surface area contributed by atoms with Gasteiger partial charge in [0.15, 0.2) is 0 Å². The van der Waals surface area contributed by atoms with Gasteiger partial charge in [-0.05, 0) is 51.4 Å². The van der Waals surface area contributed by atoms with Crippen molar-refractivity contribution in [3.63, 3.8) is 0 Å². The van der Waals surface area contributed by atoms with Gasteiger partial charge in [0, 0.05) is 31.9 Å². The molecule has 1 saturated carbocycles. The lowest BCUT2D eigenvalue weighted by Crippen LogP contribution is -2.48. The first-order valence-corrected chi connectivity index (χ1v) is 9.57. The maximum atomic E-state index is 13.0. The van der Waals surface area contributed by atoms with Crippen LogP contribution in [-0.4, -0.2) is 51.7 Å². The summed E-state index contributed by atoms with van der Waals surface area (Å²) in [6.45, 7) is 6.18. The molecule has 6 heteroatoms. The molecule has 1 aliphatic heterocycles. The number of amides is 1. The lowest BCUT2D eigenvalue weighted by Gasteiger charge is -2.37. The Hall–Kier alpha value is -1.69.